The number of rotatable bonds is 8. The molecule has 0 bridgehead atoms. The van der Waals surface area contributed by atoms with E-state index in [0.717, 1.165) is 10.7 Å². The highest BCUT2D eigenvalue weighted by Crippen LogP contribution is 2.23. The maximum atomic E-state index is 12.4. The van der Waals surface area contributed by atoms with E-state index in [1.165, 1.54) is 17.4 Å². The zero-order valence-electron chi connectivity index (χ0n) is 16.8. The summed E-state index contributed by atoms with van der Waals surface area (Å²) in [6.07, 6.45) is -4.45. The smallest absolute Gasteiger partial charge is 0.422 e. The van der Waals surface area contributed by atoms with E-state index in [-0.39, 0.29) is 18.4 Å². The van der Waals surface area contributed by atoms with Crippen molar-refractivity contribution in [3.8, 4) is 5.75 Å². The topological polar surface area (TPSA) is 59.0 Å². The molecule has 0 fully saturated rings. The van der Waals surface area contributed by atoms with Gasteiger partial charge in [-0.1, -0.05) is 18.2 Å². The van der Waals surface area contributed by atoms with Gasteiger partial charge >= 0.3 is 6.18 Å². The van der Waals surface area contributed by atoms with Crippen LogP contribution in [0.2, 0.25) is 0 Å². The molecule has 6 nitrogen and oxygen atoms in total. The molecule has 29 heavy (non-hydrogen) atoms. The minimum atomic E-state index is -4.39. The van der Waals surface area contributed by atoms with E-state index in [1.807, 2.05) is 24.3 Å². The normalized spacial score (nSPS) is 13.3. The Labute approximate surface area is 172 Å². The quantitative estimate of drug-likeness (QED) is 0.507. The molecule has 0 saturated carbocycles. The van der Waals surface area contributed by atoms with Crippen molar-refractivity contribution in [1.29, 1.82) is 0 Å². The van der Waals surface area contributed by atoms with Crippen molar-refractivity contribution >= 4 is 17.3 Å². The third-order valence-electron chi connectivity index (χ3n) is 4.04. The van der Waals surface area contributed by atoms with Gasteiger partial charge in [-0.3, -0.25) is 4.99 Å². The van der Waals surface area contributed by atoms with Gasteiger partial charge in [0.05, 0.1) is 12.2 Å². The second kappa shape index (κ2) is 10.4. The third kappa shape index (κ3) is 7.21. The number of guanidine groups is 1. The van der Waals surface area contributed by atoms with Gasteiger partial charge in [0.1, 0.15) is 16.9 Å². The molecule has 160 valence electrons. The molecule has 0 amide bonds. The van der Waals surface area contributed by atoms with E-state index >= 15 is 0 Å². The number of para-hydroxylation sites is 1. The van der Waals surface area contributed by atoms with Crippen molar-refractivity contribution < 1.29 is 22.6 Å². The van der Waals surface area contributed by atoms with E-state index in [0.29, 0.717) is 18.1 Å². The van der Waals surface area contributed by atoms with Crippen LogP contribution in [-0.4, -0.2) is 49.8 Å². The first-order chi connectivity index (χ1) is 13.7. The Morgan fingerprint density at radius 3 is 2.72 bits per heavy atom. The van der Waals surface area contributed by atoms with Crippen molar-refractivity contribution in [2.45, 2.75) is 32.3 Å². The first kappa shape index (κ1) is 23.0. The Bertz CT molecular complexity index is 811. The summed E-state index contributed by atoms with van der Waals surface area (Å²) in [5, 5.41) is 6.01. The molecular weight excluding hydrogens is 405 g/mol. The lowest BCUT2D eigenvalue weighted by Gasteiger charge is -2.22. The van der Waals surface area contributed by atoms with Crippen molar-refractivity contribution in [2.24, 2.45) is 4.99 Å². The molecular formula is C19H25F3N4O2S. The Kier molecular flexibility index (Phi) is 8.27. The fraction of sp³-hybridized carbons (Fsp3) is 0.474. The number of methoxy groups -OCH3 is 1. The molecule has 2 rings (SSSR count). The van der Waals surface area contributed by atoms with Crippen LogP contribution < -0.4 is 10.1 Å². The molecule has 1 heterocycles. The highest BCUT2D eigenvalue weighted by atomic mass is 32.1. The number of aliphatic imine (C=N–C) groups is 1. The van der Waals surface area contributed by atoms with Gasteiger partial charge < -0.3 is 19.7 Å². The van der Waals surface area contributed by atoms with Crippen LogP contribution in [0.3, 0.4) is 0 Å². The van der Waals surface area contributed by atoms with E-state index in [9.17, 15) is 13.2 Å². The van der Waals surface area contributed by atoms with Crippen LogP contribution in [0.5, 0.6) is 5.75 Å². The molecule has 1 atom stereocenters. The Morgan fingerprint density at radius 1 is 1.34 bits per heavy atom. The van der Waals surface area contributed by atoms with Crippen LogP contribution in [0, 0.1) is 0 Å². The maximum absolute atomic E-state index is 12.4. The Balaban J connectivity index is 1.97. The van der Waals surface area contributed by atoms with Crippen LogP contribution >= 0.6 is 11.3 Å². The average Bonchev–Trinajstić information content (AvgIpc) is 3.14. The minimum Gasteiger partial charge on any atom is -0.484 e. The summed E-state index contributed by atoms with van der Waals surface area (Å²) in [7, 11) is 5.14. The van der Waals surface area contributed by atoms with Crippen LogP contribution in [0.4, 0.5) is 13.2 Å². The van der Waals surface area contributed by atoms with Gasteiger partial charge in [-0.15, -0.1) is 11.3 Å². The molecule has 0 radical (unpaired) electrons. The molecule has 1 unspecified atom stereocenters. The first-order valence-electron chi connectivity index (χ1n) is 8.89. The standard InChI is InChI=1S/C19H25F3N4O2S/c1-13(27-4)17-25-15(11-29-17)10-26(3)18(23-2)24-9-14-7-5-6-8-16(14)28-12-19(20,21)22/h5-8,11,13H,9-10,12H2,1-4H3,(H,23,24). The van der Waals surface area contributed by atoms with Gasteiger partial charge in [-0.05, 0) is 13.0 Å². The minimum absolute atomic E-state index is 0.0651. The van der Waals surface area contributed by atoms with Crippen molar-refractivity contribution in [1.82, 2.24) is 15.2 Å². The van der Waals surface area contributed by atoms with Gasteiger partial charge in [0.25, 0.3) is 0 Å². The summed E-state index contributed by atoms with van der Waals surface area (Å²) < 4.78 is 47.5. The van der Waals surface area contributed by atoms with E-state index < -0.39 is 12.8 Å². The number of benzene rings is 1. The van der Waals surface area contributed by atoms with E-state index in [4.69, 9.17) is 9.47 Å². The number of nitrogens with one attached hydrogen (secondary N) is 1. The zero-order chi connectivity index (χ0) is 21.4. The summed E-state index contributed by atoms with van der Waals surface area (Å²) in [6, 6.07) is 6.61. The fourth-order valence-corrected chi connectivity index (χ4v) is 3.35. The monoisotopic (exact) mass is 430 g/mol. The summed E-state index contributed by atoms with van der Waals surface area (Å²) in [5.74, 6) is 0.776. The first-order valence-corrected chi connectivity index (χ1v) is 9.77. The number of aromatic nitrogens is 1. The molecule has 1 N–H and O–H groups in total. The molecule has 0 spiro atoms. The molecule has 0 aliphatic carbocycles. The zero-order valence-corrected chi connectivity index (χ0v) is 17.6. The predicted molar refractivity (Wildman–Crippen MR) is 107 cm³/mol. The lowest BCUT2D eigenvalue weighted by molar-refractivity contribution is -0.153. The molecule has 10 heteroatoms. The van der Waals surface area contributed by atoms with Gasteiger partial charge in [-0.25, -0.2) is 4.98 Å². The van der Waals surface area contributed by atoms with Crippen LogP contribution in [0.25, 0.3) is 0 Å². The lowest BCUT2D eigenvalue weighted by Crippen LogP contribution is -2.38. The van der Waals surface area contributed by atoms with Crippen molar-refractivity contribution in [2.75, 3.05) is 27.8 Å². The van der Waals surface area contributed by atoms with Crippen LogP contribution in [-0.2, 0) is 17.8 Å². The summed E-state index contributed by atoms with van der Waals surface area (Å²) in [4.78, 5) is 10.7. The Hall–Kier alpha value is -2.33. The van der Waals surface area contributed by atoms with Gasteiger partial charge in [0.15, 0.2) is 12.6 Å². The number of hydrogen-bond acceptors (Lipinski definition) is 5. The van der Waals surface area contributed by atoms with Crippen LogP contribution in [0.15, 0.2) is 34.6 Å². The van der Waals surface area contributed by atoms with Gasteiger partial charge in [-0.2, -0.15) is 13.2 Å². The largest absolute Gasteiger partial charge is 0.484 e. The van der Waals surface area contributed by atoms with Crippen molar-refractivity contribution in [3.63, 3.8) is 0 Å². The lowest BCUT2D eigenvalue weighted by atomic mass is 10.2. The second-order valence-corrected chi connectivity index (χ2v) is 7.21. The number of thiazole rings is 1. The van der Waals surface area contributed by atoms with E-state index in [1.54, 1.807) is 32.4 Å². The maximum Gasteiger partial charge on any atom is 0.422 e. The molecule has 0 aliphatic rings. The van der Waals surface area contributed by atoms with Crippen LogP contribution in [0.1, 0.15) is 29.3 Å². The molecule has 2 aromatic rings. The van der Waals surface area contributed by atoms with E-state index in [2.05, 4.69) is 15.3 Å². The fourth-order valence-electron chi connectivity index (χ4n) is 2.51. The molecule has 1 aromatic carbocycles. The summed E-state index contributed by atoms with van der Waals surface area (Å²) in [5.41, 5.74) is 1.49. The molecule has 0 saturated heterocycles. The second-order valence-electron chi connectivity index (χ2n) is 6.32. The highest BCUT2D eigenvalue weighted by molar-refractivity contribution is 7.09. The number of halogens is 3. The SMILES string of the molecule is CN=C(NCc1ccccc1OCC(F)(F)F)N(C)Cc1csc(C(C)OC)n1. The number of nitrogens with zero attached hydrogens (tertiary/aromatic N) is 3. The predicted octanol–water partition coefficient (Wildman–Crippen LogP) is 4.00. The number of ether oxygens (including phenoxy) is 2. The highest BCUT2D eigenvalue weighted by Gasteiger charge is 2.28. The number of hydrogen-bond donors (Lipinski definition) is 1. The summed E-state index contributed by atoms with van der Waals surface area (Å²) >= 11 is 1.53. The molecule has 1 aromatic heterocycles. The van der Waals surface area contributed by atoms with Crippen molar-refractivity contribution in [3.05, 3.63) is 45.9 Å². The van der Waals surface area contributed by atoms with Gasteiger partial charge in [0, 0.05) is 38.7 Å². The molecule has 0 aliphatic heterocycles. The van der Waals surface area contributed by atoms with Gasteiger partial charge in [0.2, 0.25) is 0 Å². The Morgan fingerprint density at radius 2 is 2.07 bits per heavy atom. The third-order valence-corrected chi connectivity index (χ3v) is 5.10. The number of alkyl halides is 3. The average molecular weight is 430 g/mol. The summed E-state index contributed by atoms with van der Waals surface area (Å²) in [6.45, 7) is 1.41.